The molecule has 13 heavy (non-hydrogen) atoms. The van der Waals surface area contributed by atoms with Crippen LogP contribution in [0, 0.1) is 5.41 Å². The summed E-state index contributed by atoms with van der Waals surface area (Å²) in [5.74, 6) is -1.64. The smallest absolute Gasteiger partial charge is 0.320 e. The van der Waals surface area contributed by atoms with Gasteiger partial charge >= 0.3 is 5.97 Å². The highest BCUT2D eigenvalue weighted by Gasteiger charge is 2.11. The minimum Gasteiger partial charge on any atom is -0.480 e. The number of carbonyl (C=O) groups is 2. The van der Waals surface area contributed by atoms with Crippen molar-refractivity contribution in [1.29, 1.82) is 5.41 Å². The van der Waals surface area contributed by atoms with Crippen molar-refractivity contribution in [1.82, 2.24) is 0 Å². The van der Waals surface area contributed by atoms with Crippen molar-refractivity contribution in [2.45, 2.75) is 18.9 Å². The molecule has 1 unspecified atom stereocenters. The van der Waals surface area contributed by atoms with Crippen LogP contribution in [0.1, 0.15) is 12.8 Å². The van der Waals surface area contributed by atoms with E-state index in [2.05, 4.69) is 0 Å². The van der Waals surface area contributed by atoms with E-state index >= 15 is 0 Å². The average Bonchev–Trinajstić information content (AvgIpc) is 2.01. The van der Waals surface area contributed by atoms with Crippen LogP contribution >= 0.6 is 0 Å². The molecular formula is C6H11N3O4. The second-order valence-electron chi connectivity index (χ2n) is 2.05. The number of carbonyl (C=O) groups excluding carboxylic acids is 2. The highest BCUT2D eigenvalue weighted by Crippen LogP contribution is 1.92. The van der Waals surface area contributed by atoms with Crippen LogP contribution in [0.3, 0.4) is 0 Å². The monoisotopic (exact) mass is 189 g/mol. The summed E-state index contributed by atoms with van der Waals surface area (Å²) in [5.41, 5.74) is 9.81. The summed E-state index contributed by atoms with van der Waals surface area (Å²) < 4.78 is 0. The van der Waals surface area contributed by atoms with Crippen LogP contribution in [-0.4, -0.2) is 29.1 Å². The molecule has 0 aliphatic heterocycles. The minimum absolute atomic E-state index is 0.0213. The van der Waals surface area contributed by atoms with Crippen molar-refractivity contribution in [2.24, 2.45) is 11.5 Å². The lowest BCUT2D eigenvalue weighted by atomic mass is 10.2. The van der Waals surface area contributed by atoms with Crippen LogP contribution in [-0.2, 0) is 14.4 Å². The fraction of sp³-hybridized carbons (Fsp3) is 0.500. The molecule has 7 nitrogen and oxygen atoms in total. The number of carboxylic acid groups (broad SMARTS) is 1. The van der Waals surface area contributed by atoms with Crippen LogP contribution in [0.25, 0.3) is 0 Å². The predicted molar refractivity (Wildman–Crippen MR) is 42.5 cm³/mol. The second kappa shape index (κ2) is 8.38. The van der Waals surface area contributed by atoms with Crippen molar-refractivity contribution in [3.8, 4) is 0 Å². The molecule has 0 spiro atoms. The Labute approximate surface area is 74.2 Å². The number of hydrogen-bond acceptors (Lipinski definition) is 5. The highest BCUT2D eigenvalue weighted by molar-refractivity contribution is 5.76. The number of nitrogens with two attached hydrogens (primary N) is 2. The highest BCUT2D eigenvalue weighted by atomic mass is 16.4. The maximum absolute atomic E-state index is 10.1. The summed E-state index contributed by atoms with van der Waals surface area (Å²) in [6.45, 7) is 0. The third-order valence-electron chi connectivity index (χ3n) is 1.02. The van der Waals surface area contributed by atoms with Gasteiger partial charge < -0.3 is 16.6 Å². The lowest BCUT2D eigenvalue weighted by Gasteiger charge is -2.01. The van der Waals surface area contributed by atoms with Crippen LogP contribution in [0.15, 0.2) is 0 Å². The average molecular weight is 189 g/mol. The zero-order valence-corrected chi connectivity index (χ0v) is 6.82. The largest absolute Gasteiger partial charge is 0.480 e. The van der Waals surface area contributed by atoms with Crippen LogP contribution < -0.4 is 11.5 Å². The molecule has 0 aromatic rings. The minimum atomic E-state index is -1.11. The first-order valence-corrected chi connectivity index (χ1v) is 3.26. The number of aliphatic carboxylic acids is 1. The molecule has 0 aromatic carbocycles. The zero-order valence-electron chi connectivity index (χ0n) is 6.82. The number of primary amides is 1. The number of amides is 1. The van der Waals surface area contributed by atoms with Gasteiger partial charge in [-0.2, -0.15) is 0 Å². The Balaban J connectivity index is 0. The molecule has 0 aromatic heterocycles. The van der Waals surface area contributed by atoms with Crippen molar-refractivity contribution < 1.29 is 19.5 Å². The molecule has 0 aliphatic rings. The third kappa shape index (κ3) is 13.3. The molecule has 7 heteroatoms. The number of rotatable bonds is 4. The number of nitrogens with one attached hydrogen (secondary N) is 1. The summed E-state index contributed by atoms with van der Waals surface area (Å²) >= 11 is 0. The first-order valence-electron chi connectivity index (χ1n) is 3.26. The van der Waals surface area contributed by atoms with Crippen LogP contribution in [0.4, 0.5) is 0 Å². The van der Waals surface area contributed by atoms with Crippen LogP contribution in [0.5, 0.6) is 0 Å². The normalized spacial score (nSPS) is 10.2. The Bertz CT molecular complexity index is 210. The van der Waals surface area contributed by atoms with Gasteiger partial charge in [0.2, 0.25) is 12.0 Å². The molecule has 0 fully saturated rings. The zero-order chi connectivity index (χ0) is 10.9. The quantitative estimate of drug-likeness (QED) is 0.316. The Morgan fingerprint density at radius 3 is 2.15 bits per heavy atom. The number of carboxylic acids is 1. The van der Waals surface area contributed by atoms with E-state index in [-0.39, 0.29) is 12.8 Å². The number of isocyanates is 1. The van der Waals surface area contributed by atoms with Gasteiger partial charge in [-0.15, -0.1) is 0 Å². The van der Waals surface area contributed by atoms with Gasteiger partial charge in [-0.05, 0) is 6.42 Å². The van der Waals surface area contributed by atoms with Crippen molar-refractivity contribution in [3.63, 3.8) is 0 Å². The molecule has 0 radical (unpaired) electrons. The molecule has 6 N–H and O–H groups in total. The fourth-order valence-electron chi connectivity index (χ4n) is 0.421. The van der Waals surface area contributed by atoms with Gasteiger partial charge in [0.1, 0.15) is 6.04 Å². The molecule has 0 bridgehead atoms. The van der Waals surface area contributed by atoms with Gasteiger partial charge in [-0.3, -0.25) is 9.59 Å². The first kappa shape index (κ1) is 13.8. The number of hydrogen-bond donors (Lipinski definition) is 4. The van der Waals surface area contributed by atoms with E-state index < -0.39 is 17.9 Å². The van der Waals surface area contributed by atoms with E-state index in [1.54, 1.807) is 0 Å². The second-order valence-corrected chi connectivity index (χ2v) is 2.05. The Morgan fingerprint density at radius 1 is 1.54 bits per heavy atom. The van der Waals surface area contributed by atoms with E-state index in [1.165, 1.54) is 0 Å². The molecule has 0 rings (SSSR count). The van der Waals surface area contributed by atoms with Crippen molar-refractivity contribution >= 4 is 18.0 Å². The summed E-state index contributed by atoms with van der Waals surface area (Å²) in [6.07, 6.45) is 0.873. The molecular weight excluding hydrogens is 178 g/mol. The van der Waals surface area contributed by atoms with Crippen molar-refractivity contribution in [2.75, 3.05) is 0 Å². The van der Waals surface area contributed by atoms with E-state index in [9.17, 15) is 9.59 Å². The van der Waals surface area contributed by atoms with Gasteiger partial charge in [0.05, 0.1) is 0 Å². The summed E-state index contributed by atoms with van der Waals surface area (Å²) in [7, 11) is 0. The SMILES string of the molecule is N=C=O.NC(=O)CCC(N)C(=O)O. The van der Waals surface area contributed by atoms with Gasteiger partial charge in [-0.1, -0.05) is 0 Å². The molecule has 1 amide bonds. The van der Waals surface area contributed by atoms with Crippen molar-refractivity contribution in [3.05, 3.63) is 0 Å². The molecule has 1 atom stereocenters. The fourth-order valence-corrected chi connectivity index (χ4v) is 0.421. The van der Waals surface area contributed by atoms with Crippen LogP contribution in [0.2, 0.25) is 0 Å². The van der Waals surface area contributed by atoms with Gasteiger partial charge in [0.25, 0.3) is 0 Å². The lowest BCUT2D eigenvalue weighted by Crippen LogP contribution is -2.31. The summed E-state index contributed by atoms with van der Waals surface area (Å²) in [5, 5.41) is 13.6. The van der Waals surface area contributed by atoms with Gasteiger partial charge in [0, 0.05) is 6.42 Å². The van der Waals surface area contributed by atoms with E-state index in [0.717, 1.165) is 6.08 Å². The van der Waals surface area contributed by atoms with E-state index in [1.807, 2.05) is 0 Å². The van der Waals surface area contributed by atoms with Gasteiger partial charge in [-0.25, -0.2) is 10.2 Å². The lowest BCUT2D eigenvalue weighted by molar-refractivity contribution is -0.138. The molecule has 0 saturated heterocycles. The van der Waals surface area contributed by atoms with Gasteiger partial charge in [0.15, 0.2) is 0 Å². The van der Waals surface area contributed by atoms with E-state index in [4.69, 9.17) is 26.8 Å². The first-order chi connectivity index (χ1) is 5.95. The van der Waals surface area contributed by atoms with E-state index in [0.29, 0.717) is 0 Å². The Hall–Kier alpha value is -1.72. The predicted octanol–water partition coefficient (Wildman–Crippen LogP) is -1.44. The topological polar surface area (TPSA) is 147 Å². The maximum atomic E-state index is 10.1. The molecule has 0 heterocycles. The third-order valence-corrected chi connectivity index (χ3v) is 1.02. The summed E-state index contributed by atoms with van der Waals surface area (Å²) in [4.78, 5) is 28.5. The molecule has 74 valence electrons. The standard InChI is InChI=1S/C5H10N2O3.CHNO/c6-3(5(9)10)1-2-4(7)8;2-1-3/h3H,1-2,6H2,(H2,7,8)(H,9,10);2H. The molecule has 0 aliphatic carbocycles. The molecule has 0 saturated carbocycles. The summed E-state index contributed by atoms with van der Waals surface area (Å²) in [6, 6.07) is -0.979. The Morgan fingerprint density at radius 2 is 1.92 bits per heavy atom. The maximum Gasteiger partial charge on any atom is 0.320 e. The Kier molecular flexibility index (Phi) is 8.92.